The van der Waals surface area contributed by atoms with Crippen LogP contribution in [0.4, 0.5) is 0 Å². The van der Waals surface area contributed by atoms with Crippen LogP contribution in [0.1, 0.15) is 28.4 Å². The number of aryl methyl sites for hydroxylation is 3. The number of rotatable bonds is 3. The van der Waals surface area contributed by atoms with Gasteiger partial charge in [0.2, 0.25) is 0 Å². The zero-order chi connectivity index (χ0) is 15.0. The summed E-state index contributed by atoms with van der Waals surface area (Å²) < 4.78 is 1.96. The fourth-order valence-electron chi connectivity index (χ4n) is 3.09. The van der Waals surface area contributed by atoms with Gasteiger partial charge < -0.3 is 5.32 Å². The summed E-state index contributed by atoms with van der Waals surface area (Å²) in [5, 5.41) is 9.38. The minimum Gasteiger partial charge on any atom is -0.308 e. The predicted molar refractivity (Wildman–Crippen MR) is 87.5 cm³/mol. The first-order valence-corrected chi connectivity index (χ1v) is 7.27. The van der Waals surface area contributed by atoms with E-state index in [0.717, 1.165) is 11.2 Å². The minimum atomic E-state index is 0.106. The fourth-order valence-corrected chi connectivity index (χ4v) is 3.09. The maximum atomic E-state index is 4.75. The Kier molecular flexibility index (Phi) is 3.52. The van der Waals surface area contributed by atoms with Crippen molar-refractivity contribution in [3.8, 4) is 0 Å². The van der Waals surface area contributed by atoms with Crippen LogP contribution in [0.25, 0.3) is 10.9 Å². The maximum absolute atomic E-state index is 4.75. The number of para-hydroxylation sites is 1. The molecule has 3 nitrogen and oxygen atoms in total. The lowest BCUT2D eigenvalue weighted by Crippen LogP contribution is -2.19. The standard InChI is InChI=1S/C18H21N3/c1-12-9-13(2)11-14(10-12)17(19-3)18-15-7-5-6-8-16(15)21(4)20-18/h5-11,17,19H,1-4H3. The summed E-state index contributed by atoms with van der Waals surface area (Å²) in [6, 6.07) is 15.2. The third kappa shape index (κ3) is 2.45. The third-order valence-corrected chi connectivity index (χ3v) is 3.93. The van der Waals surface area contributed by atoms with Crippen molar-refractivity contribution >= 4 is 10.9 Å². The van der Waals surface area contributed by atoms with E-state index in [-0.39, 0.29) is 6.04 Å². The number of hydrogen-bond donors (Lipinski definition) is 1. The molecular weight excluding hydrogens is 258 g/mol. The smallest absolute Gasteiger partial charge is 0.0917 e. The van der Waals surface area contributed by atoms with Gasteiger partial charge in [-0.15, -0.1) is 0 Å². The van der Waals surface area contributed by atoms with Gasteiger partial charge in [-0.05, 0) is 32.5 Å². The molecule has 0 fully saturated rings. The zero-order valence-electron chi connectivity index (χ0n) is 13.0. The van der Waals surface area contributed by atoms with Crippen LogP contribution in [0.5, 0.6) is 0 Å². The molecule has 1 unspecified atom stereocenters. The van der Waals surface area contributed by atoms with Crippen LogP contribution >= 0.6 is 0 Å². The first-order chi connectivity index (χ1) is 10.1. The second-order valence-corrected chi connectivity index (χ2v) is 5.67. The molecule has 2 aromatic carbocycles. The lowest BCUT2D eigenvalue weighted by molar-refractivity contribution is 0.647. The molecule has 3 aromatic rings. The van der Waals surface area contributed by atoms with Crippen molar-refractivity contribution in [2.75, 3.05) is 7.05 Å². The Hall–Kier alpha value is -2.13. The van der Waals surface area contributed by atoms with Crippen molar-refractivity contribution in [3.05, 3.63) is 64.8 Å². The van der Waals surface area contributed by atoms with E-state index >= 15 is 0 Å². The molecule has 0 radical (unpaired) electrons. The molecule has 0 spiro atoms. The van der Waals surface area contributed by atoms with Crippen molar-refractivity contribution in [1.29, 1.82) is 0 Å². The van der Waals surface area contributed by atoms with Gasteiger partial charge in [-0.1, -0.05) is 47.5 Å². The second-order valence-electron chi connectivity index (χ2n) is 5.67. The molecule has 1 N–H and O–H groups in total. The minimum absolute atomic E-state index is 0.106. The maximum Gasteiger partial charge on any atom is 0.0917 e. The lowest BCUT2D eigenvalue weighted by Gasteiger charge is -2.16. The molecule has 21 heavy (non-hydrogen) atoms. The van der Waals surface area contributed by atoms with E-state index in [1.165, 1.54) is 22.1 Å². The second kappa shape index (κ2) is 5.34. The van der Waals surface area contributed by atoms with Gasteiger partial charge in [-0.25, -0.2) is 0 Å². The highest BCUT2D eigenvalue weighted by Crippen LogP contribution is 2.28. The Morgan fingerprint density at radius 3 is 2.38 bits per heavy atom. The largest absolute Gasteiger partial charge is 0.308 e. The Morgan fingerprint density at radius 2 is 1.71 bits per heavy atom. The summed E-state index contributed by atoms with van der Waals surface area (Å²) in [7, 11) is 3.99. The van der Waals surface area contributed by atoms with Gasteiger partial charge >= 0.3 is 0 Å². The van der Waals surface area contributed by atoms with Crippen molar-refractivity contribution in [1.82, 2.24) is 15.1 Å². The Bertz CT molecular complexity index is 766. The molecule has 0 aliphatic carbocycles. The van der Waals surface area contributed by atoms with Gasteiger partial charge in [0.15, 0.2) is 0 Å². The van der Waals surface area contributed by atoms with Crippen molar-refractivity contribution < 1.29 is 0 Å². The van der Waals surface area contributed by atoms with Gasteiger partial charge in [0.05, 0.1) is 17.3 Å². The van der Waals surface area contributed by atoms with Crippen LogP contribution in [0.3, 0.4) is 0 Å². The molecule has 0 saturated heterocycles. The SMILES string of the molecule is CNC(c1cc(C)cc(C)c1)c1nn(C)c2ccccc12. The summed E-state index contributed by atoms with van der Waals surface area (Å²) in [6.45, 7) is 4.28. The monoisotopic (exact) mass is 279 g/mol. The van der Waals surface area contributed by atoms with Crippen molar-refractivity contribution in [2.24, 2.45) is 7.05 Å². The van der Waals surface area contributed by atoms with Gasteiger partial charge in [-0.3, -0.25) is 4.68 Å². The average Bonchev–Trinajstić information content (AvgIpc) is 2.77. The number of nitrogens with one attached hydrogen (secondary N) is 1. The van der Waals surface area contributed by atoms with Crippen LogP contribution in [0.2, 0.25) is 0 Å². The number of nitrogens with zero attached hydrogens (tertiary/aromatic N) is 2. The van der Waals surface area contributed by atoms with Crippen LogP contribution in [0.15, 0.2) is 42.5 Å². The lowest BCUT2D eigenvalue weighted by atomic mass is 9.97. The predicted octanol–water partition coefficient (Wildman–Crippen LogP) is 3.50. The number of fused-ring (bicyclic) bond motifs is 1. The molecular formula is C18H21N3. The van der Waals surface area contributed by atoms with Crippen LogP contribution < -0.4 is 5.32 Å². The fraction of sp³-hybridized carbons (Fsp3) is 0.278. The van der Waals surface area contributed by atoms with Crippen LogP contribution in [-0.4, -0.2) is 16.8 Å². The molecule has 0 amide bonds. The Balaban J connectivity index is 2.18. The van der Waals surface area contributed by atoms with E-state index in [0.29, 0.717) is 0 Å². The molecule has 3 rings (SSSR count). The number of benzene rings is 2. The first-order valence-electron chi connectivity index (χ1n) is 7.27. The highest BCUT2D eigenvalue weighted by atomic mass is 15.3. The molecule has 0 aliphatic heterocycles. The summed E-state index contributed by atoms with van der Waals surface area (Å²) in [4.78, 5) is 0. The topological polar surface area (TPSA) is 29.9 Å². The Labute approximate surface area is 125 Å². The molecule has 0 saturated carbocycles. The summed E-state index contributed by atoms with van der Waals surface area (Å²) in [6.07, 6.45) is 0. The quantitative estimate of drug-likeness (QED) is 0.795. The van der Waals surface area contributed by atoms with Gasteiger partial charge in [0.25, 0.3) is 0 Å². The average molecular weight is 279 g/mol. The normalized spacial score (nSPS) is 12.8. The van der Waals surface area contributed by atoms with Crippen molar-refractivity contribution in [3.63, 3.8) is 0 Å². The van der Waals surface area contributed by atoms with E-state index in [2.05, 4.69) is 61.6 Å². The summed E-state index contributed by atoms with van der Waals surface area (Å²) >= 11 is 0. The van der Waals surface area contributed by atoms with E-state index in [1.54, 1.807) is 0 Å². The molecule has 3 heteroatoms. The molecule has 1 atom stereocenters. The van der Waals surface area contributed by atoms with Gasteiger partial charge in [0.1, 0.15) is 0 Å². The Morgan fingerprint density at radius 1 is 1.05 bits per heavy atom. The first kappa shape index (κ1) is 13.8. The number of hydrogen-bond acceptors (Lipinski definition) is 2. The van der Waals surface area contributed by atoms with E-state index < -0.39 is 0 Å². The zero-order valence-corrected chi connectivity index (χ0v) is 13.0. The third-order valence-electron chi connectivity index (χ3n) is 3.93. The van der Waals surface area contributed by atoms with Crippen LogP contribution in [-0.2, 0) is 7.05 Å². The molecule has 1 heterocycles. The van der Waals surface area contributed by atoms with Gasteiger partial charge in [0, 0.05) is 12.4 Å². The highest BCUT2D eigenvalue weighted by Gasteiger charge is 2.19. The summed E-state index contributed by atoms with van der Waals surface area (Å²) in [5.74, 6) is 0. The van der Waals surface area contributed by atoms with Gasteiger partial charge in [-0.2, -0.15) is 5.10 Å². The summed E-state index contributed by atoms with van der Waals surface area (Å²) in [5.41, 5.74) is 6.08. The van der Waals surface area contributed by atoms with Crippen molar-refractivity contribution in [2.45, 2.75) is 19.9 Å². The molecule has 1 aromatic heterocycles. The molecule has 0 aliphatic rings. The molecule has 108 valence electrons. The molecule has 0 bridgehead atoms. The van der Waals surface area contributed by atoms with Crippen LogP contribution in [0, 0.1) is 13.8 Å². The number of aromatic nitrogens is 2. The van der Waals surface area contributed by atoms with E-state index in [1.807, 2.05) is 18.8 Å². The highest BCUT2D eigenvalue weighted by molar-refractivity contribution is 5.82. The van der Waals surface area contributed by atoms with E-state index in [4.69, 9.17) is 5.10 Å². The van der Waals surface area contributed by atoms with E-state index in [9.17, 15) is 0 Å².